The standard InChI is InChI=1S/C39H59N2O2P/c1-39(2,32-20-8-3-9-21-32)37-30-18-19-31-38(37)43-44(42,40(33-22-10-4-11-23-33)34-24-12-5-13-25-34)41(35-26-14-6-15-27-35)36-28-16-7-17-29-36/h3,8-9,18-21,30-31,33-36H,4-7,10-17,22-29H2,1-2H3. The molecule has 0 radical (unpaired) electrons. The highest BCUT2D eigenvalue weighted by Crippen LogP contribution is 2.63. The second-order valence-corrected chi connectivity index (χ2v) is 17.1. The first-order valence-corrected chi connectivity index (χ1v) is 20.0. The molecule has 0 bridgehead atoms. The Morgan fingerprint density at radius 2 is 0.909 bits per heavy atom. The second-order valence-electron chi connectivity index (χ2n) is 15.0. The molecule has 4 nitrogen and oxygen atoms in total. The summed E-state index contributed by atoms with van der Waals surface area (Å²) in [6, 6.07) is 20.8. The molecule has 4 aliphatic carbocycles. The summed E-state index contributed by atoms with van der Waals surface area (Å²) in [4.78, 5) is 0. The van der Waals surface area contributed by atoms with Crippen molar-refractivity contribution in [1.82, 2.24) is 9.34 Å². The minimum absolute atomic E-state index is 0.274. The first-order valence-electron chi connectivity index (χ1n) is 18.5. The molecule has 4 aliphatic rings. The number of hydrogen-bond donors (Lipinski definition) is 0. The van der Waals surface area contributed by atoms with Crippen LogP contribution in [0.2, 0.25) is 0 Å². The van der Waals surface area contributed by atoms with E-state index in [4.69, 9.17) is 4.52 Å². The van der Waals surface area contributed by atoms with Gasteiger partial charge in [-0.05, 0) is 63.0 Å². The highest BCUT2D eigenvalue weighted by Gasteiger charge is 2.52. The zero-order valence-electron chi connectivity index (χ0n) is 27.8. The van der Waals surface area contributed by atoms with Crippen molar-refractivity contribution >= 4 is 7.67 Å². The van der Waals surface area contributed by atoms with E-state index in [-0.39, 0.29) is 5.41 Å². The molecule has 0 spiro atoms. The Bertz CT molecular complexity index is 1130. The summed E-state index contributed by atoms with van der Waals surface area (Å²) in [5, 5.41) is 0. The van der Waals surface area contributed by atoms with Crippen molar-refractivity contribution in [2.45, 2.75) is 172 Å². The molecule has 44 heavy (non-hydrogen) atoms. The van der Waals surface area contributed by atoms with Crippen molar-refractivity contribution in [2.24, 2.45) is 0 Å². The fourth-order valence-electron chi connectivity index (χ4n) is 9.22. The lowest BCUT2D eigenvalue weighted by Gasteiger charge is -2.52. The molecule has 5 heteroatoms. The molecule has 0 unspecified atom stereocenters. The van der Waals surface area contributed by atoms with Gasteiger partial charge in [0.1, 0.15) is 5.75 Å². The molecule has 4 saturated carbocycles. The summed E-state index contributed by atoms with van der Waals surface area (Å²) >= 11 is 0. The molecule has 4 fully saturated rings. The Hall–Kier alpha value is -1.61. The van der Waals surface area contributed by atoms with E-state index in [1.807, 2.05) is 0 Å². The van der Waals surface area contributed by atoms with E-state index in [2.05, 4.69) is 77.8 Å². The number of hydrogen-bond acceptors (Lipinski definition) is 2. The zero-order chi connectivity index (χ0) is 30.4. The van der Waals surface area contributed by atoms with Gasteiger partial charge in [-0.1, -0.05) is 139 Å². The fraction of sp³-hybridized carbons (Fsp3) is 0.692. The first-order chi connectivity index (χ1) is 21.5. The lowest BCUT2D eigenvalue weighted by molar-refractivity contribution is 0.0944. The van der Waals surface area contributed by atoms with Gasteiger partial charge in [0.05, 0.1) is 0 Å². The summed E-state index contributed by atoms with van der Waals surface area (Å²) in [5.41, 5.74) is 2.13. The highest BCUT2D eigenvalue weighted by atomic mass is 31.2. The Balaban J connectivity index is 1.50. The monoisotopic (exact) mass is 618 g/mol. The van der Waals surface area contributed by atoms with Gasteiger partial charge in [0, 0.05) is 35.1 Å². The Morgan fingerprint density at radius 1 is 0.545 bits per heavy atom. The van der Waals surface area contributed by atoms with Crippen molar-refractivity contribution in [1.29, 1.82) is 0 Å². The summed E-state index contributed by atoms with van der Waals surface area (Å²) < 4.78 is 29.5. The second kappa shape index (κ2) is 14.9. The van der Waals surface area contributed by atoms with Gasteiger partial charge in [0.15, 0.2) is 0 Å². The van der Waals surface area contributed by atoms with Crippen LogP contribution in [0, 0.1) is 0 Å². The van der Waals surface area contributed by atoms with Crippen LogP contribution in [0.1, 0.15) is 153 Å². The third kappa shape index (κ3) is 7.03. The lowest BCUT2D eigenvalue weighted by atomic mass is 9.78. The van der Waals surface area contributed by atoms with E-state index in [1.54, 1.807) is 0 Å². The topological polar surface area (TPSA) is 32.8 Å². The maximum absolute atomic E-state index is 16.8. The van der Waals surface area contributed by atoms with E-state index < -0.39 is 7.67 Å². The molecule has 0 atom stereocenters. The normalized spacial score (nSPS) is 22.5. The molecule has 2 aromatic rings. The minimum atomic E-state index is -3.46. The summed E-state index contributed by atoms with van der Waals surface area (Å²) in [6.07, 6.45) is 24.5. The zero-order valence-corrected chi connectivity index (χ0v) is 28.7. The van der Waals surface area contributed by atoms with Crippen LogP contribution in [0.4, 0.5) is 0 Å². The van der Waals surface area contributed by atoms with Crippen LogP contribution in [-0.4, -0.2) is 33.5 Å². The first kappa shape index (κ1) is 32.3. The summed E-state index contributed by atoms with van der Waals surface area (Å²) in [7, 11) is -3.46. The van der Waals surface area contributed by atoms with Crippen LogP contribution in [0.3, 0.4) is 0 Å². The molecule has 6 rings (SSSR count). The van der Waals surface area contributed by atoms with E-state index in [0.717, 1.165) is 62.7 Å². The number of benzene rings is 2. The quantitative estimate of drug-likeness (QED) is 0.248. The number of nitrogens with zero attached hydrogens (tertiary/aromatic N) is 2. The Kier molecular flexibility index (Phi) is 10.9. The third-order valence-electron chi connectivity index (χ3n) is 11.7. The molecule has 2 aromatic carbocycles. The molecule has 0 heterocycles. The number of para-hydroxylation sites is 1. The van der Waals surface area contributed by atoms with Crippen LogP contribution in [0.15, 0.2) is 54.6 Å². The van der Waals surface area contributed by atoms with Gasteiger partial charge in [0.25, 0.3) is 0 Å². The van der Waals surface area contributed by atoms with Gasteiger partial charge < -0.3 is 4.52 Å². The van der Waals surface area contributed by atoms with Crippen LogP contribution < -0.4 is 4.52 Å². The van der Waals surface area contributed by atoms with Crippen molar-refractivity contribution in [2.75, 3.05) is 0 Å². The Morgan fingerprint density at radius 3 is 1.32 bits per heavy atom. The van der Waals surface area contributed by atoms with Crippen molar-refractivity contribution < 1.29 is 9.09 Å². The van der Waals surface area contributed by atoms with Gasteiger partial charge in [-0.15, -0.1) is 0 Å². The molecule has 242 valence electrons. The van der Waals surface area contributed by atoms with E-state index >= 15 is 4.57 Å². The molecule has 0 N–H and O–H groups in total. The smallest absolute Gasteiger partial charge is 0.396 e. The average molecular weight is 619 g/mol. The summed E-state index contributed by atoms with van der Waals surface area (Å²) in [6.45, 7) is 4.60. The van der Waals surface area contributed by atoms with Crippen molar-refractivity contribution in [3.05, 3.63) is 65.7 Å². The van der Waals surface area contributed by atoms with Crippen molar-refractivity contribution in [3.63, 3.8) is 0 Å². The predicted molar refractivity (Wildman–Crippen MR) is 184 cm³/mol. The highest BCUT2D eigenvalue weighted by molar-refractivity contribution is 7.54. The van der Waals surface area contributed by atoms with Gasteiger partial charge in [-0.2, -0.15) is 0 Å². The Labute approximate surface area is 268 Å². The maximum atomic E-state index is 16.8. The molecule has 0 aliphatic heterocycles. The van der Waals surface area contributed by atoms with Crippen molar-refractivity contribution in [3.8, 4) is 5.75 Å². The molecule has 0 amide bonds. The van der Waals surface area contributed by atoms with Gasteiger partial charge in [-0.3, -0.25) is 0 Å². The predicted octanol–water partition coefficient (Wildman–Crippen LogP) is 11.4. The average Bonchev–Trinajstić information content (AvgIpc) is 3.07. The molecule has 0 saturated heterocycles. The largest absolute Gasteiger partial charge is 0.421 e. The van der Waals surface area contributed by atoms with E-state index in [0.29, 0.717) is 24.2 Å². The maximum Gasteiger partial charge on any atom is 0.396 e. The molecule has 0 aromatic heterocycles. The minimum Gasteiger partial charge on any atom is -0.421 e. The molecular weight excluding hydrogens is 559 g/mol. The third-order valence-corrected chi connectivity index (χ3v) is 14.6. The van der Waals surface area contributed by atoms with Crippen LogP contribution in [-0.2, 0) is 9.98 Å². The number of rotatable bonds is 10. The molecular formula is C39H59N2O2P. The van der Waals surface area contributed by atoms with Gasteiger partial charge in [-0.25, -0.2) is 13.9 Å². The SMILES string of the molecule is CC(C)(c1ccccc1)c1ccccc1OP(=O)(N(C1CCCCC1)C1CCCCC1)N(C1CCCCC1)C1CCCCC1. The lowest BCUT2D eigenvalue weighted by Crippen LogP contribution is -2.53. The van der Waals surface area contributed by atoms with Crippen LogP contribution in [0.25, 0.3) is 0 Å². The van der Waals surface area contributed by atoms with Gasteiger partial charge in [0.2, 0.25) is 0 Å². The van der Waals surface area contributed by atoms with E-state index in [1.165, 1.54) is 82.6 Å². The summed E-state index contributed by atoms with van der Waals surface area (Å²) in [5.74, 6) is 0.831. The van der Waals surface area contributed by atoms with Gasteiger partial charge >= 0.3 is 7.67 Å². The van der Waals surface area contributed by atoms with Crippen LogP contribution >= 0.6 is 7.67 Å². The van der Waals surface area contributed by atoms with Crippen LogP contribution in [0.5, 0.6) is 5.75 Å². The van der Waals surface area contributed by atoms with E-state index in [9.17, 15) is 0 Å². The fourth-order valence-corrected chi connectivity index (χ4v) is 12.6.